The van der Waals surface area contributed by atoms with Crippen LogP contribution < -0.4 is 5.32 Å². The highest BCUT2D eigenvalue weighted by atomic mass is 14.9. The molecule has 0 unspecified atom stereocenters. The van der Waals surface area contributed by atoms with Crippen molar-refractivity contribution in [1.82, 2.24) is 5.32 Å². The number of benzene rings is 1. The van der Waals surface area contributed by atoms with Crippen LogP contribution in [0.1, 0.15) is 91.8 Å². The minimum Gasteiger partial charge on any atom is -0.315 e. The molecule has 0 aliphatic carbocycles. The fraction of sp³-hybridized carbons (Fsp3) is 0.739. The van der Waals surface area contributed by atoms with Crippen molar-refractivity contribution in [2.75, 3.05) is 7.05 Å². The number of nitrogens with one attached hydrogen (secondary N) is 1. The Labute approximate surface area is 151 Å². The molecule has 0 aromatic heterocycles. The lowest BCUT2D eigenvalue weighted by Crippen LogP contribution is -2.42. The van der Waals surface area contributed by atoms with E-state index in [4.69, 9.17) is 0 Å². The minimum absolute atomic E-state index is 0.139. The summed E-state index contributed by atoms with van der Waals surface area (Å²) in [5.41, 5.74) is 5.20. The van der Waals surface area contributed by atoms with Gasteiger partial charge in [-0.3, -0.25) is 0 Å². The van der Waals surface area contributed by atoms with Gasteiger partial charge in [-0.1, -0.05) is 66.7 Å². The maximum Gasteiger partial charge on any atom is 0.0130 e. The summed E-state index contributed by atoms with van der Waals surface area (Å²) in [6, 6.07) is 7.16. The standard InChI is InChI=1S/C23H41N/c1-17-14-18(21(5,6)15-20(2,3)4)12-13-19(17)22(7,8)16-23(9,10)24-11/h12-14,24H,15-16H2,1-11H3. The summed E-state index contributed by atoms with van der Waals surface area (Å²) < 4.78 is 0. The van der Waals surface area contributed by atoms with E-state index in [1.54, 1.807) is 0 Å². The van der Waals surface area contributed by atoms with Crippen LogP contribution in [0.2, 0.25) is 0 Å². The van der Waals surface area contributed by atoms with E-state index in [2.05, 4.69) is 99.8 Å². The topological polar surface area (TPSA) is 12.0 Å². The van der Waals surface area contributed by atoms with Crippen LogP contribution in [0.5, 0.6) is 0 Å². The predicted molar refractivity (Wildman–Crippen MR) is 109 cm³/mol. The molecule has 0 aliphatic heterocycles. The second kappa shape index (κ2) is 6.83. The van der Waals surface area contributed by atoms with Crippen molar-refractivity contribution in [3.05, 3.63) is 34.9 Å². The molecule has 0 saturated heterocycles. The quantitative estimate of drug-likeness (QED) is 0.638. The molecule has 0 fully saturated rings. The highest BCUT2D eigenvalue weighted by molar-refractivity contribution is 5.39. The fourth-order valence-corrected chi connectivity index (χ4v) is 4.56. The minimum atomic E-state index is 0.139. The largest absolute Gasteiger partial charge is 0.315 e. The first-order chi connectivity index (χ1) is 10.6. The average molecular weight is 332 g/mol. The van der Waals surface area contributed by atoms with Crippen molar-refractivity contribution in [1.29, 1.82) is 0 Å². The lowest BCUT2D eigenvalue weighted by Gasteiger charge is -2.37. The molecule has 1 rings (SSSR count). The van der Waals surface area contributed by atoms with Gasteiger partial charge in [-0.2, -0.15) is 0 Å². The van der Waals surface area contributed by atoms with Gasteiger partial charge in [-0.05, 0) is 73.6 Å². The Balaban J connectivity index is 3.16. The van der Waals surface area contributed by atoms with Crippen LogP contribution in [0.3, 0.4) is 0 Å². The summed E-state index contributed by atoms with van der Waals surface area (Å²) in [7, 11) is 2.06. The number of rotatable bonds is 6. The van der Waals surface area contributed by atoms with E-state index < -0.39 is 0 Å². The van der Waals surface area contributed by atoms with Gasteiger partial charge >= 0.3 is 0 Å². The molecular weight excluding hydrogens is 290 g/mol. The van der Waals surface area contributed by atoms with Crippen LogP contribution in [-0.4, -0.2) is 12.6 Å². The lowest BCUT2D eigenvalue weighted by molar-refractivity contribution is 0.283. The molecule has 1 N–H and O–H groups in total. The van der Waals surface area contributed by atoms with Crippen molar-refractivity contribution < 1.29 is 0 Å². The van der Waals surface area contributed by atoms with Crippen LogP contribution in [0.15, 0.2) is 18.2 Å². The lowest BCUT2D eigenvalue weighted by atomic mass is 9.69. The summed E-state index contributed by atoms with van der Waals surface area (Å²) >= 11 is 0. The van der Waals surface area contributed by atoms with E-state index in [1.807, 2.05) is 0 Å². The molecule has 1 aromatic rings. The van der Waals surface area contributed by atoms with Crippen molar-refractivity contribution in [3.63, 3.8) is 0 Å². The second-order valence-corrected chi connectivity index (χ2v) is 10.8. The first-order valence-corrected chi connectivity index (χ1v) is 9.40. The zero-order valence-corrected chi connectivity index (χ0v) is 18.1. The zero-order chi connectivity index (χ0) is 19.0. The molecule has 24 heavy (non-hydrogen) atoms. The fourth-order valence-electron chi connectivity index (χ4n) is 4.56. The predicted octanol–water partition coefficient (Wildman–Crippen LogP) is 6.37. The van der Waals surface area contributed by atoms with Gasteiger partial charge in [0.2, 0.25) is 0 Å². The van der Waals surface area contributed by atoms with Gasteiger partial charge in [0.15, 0.2) is 0 Å². The van der Waals surface area contributed by atoms with Crippen molar-refractivity contribution in [3.8, 4) is 0 Å². The summed E-state index contributed by atoms with van der Waals surface area (Å²) in [6.07, 6.45) is 2.30. The van der Waals surface area contributed by atoms with Crippen molar-refractivity contribution >= 4 is 0 Å². The van der Waals surface area contributed by atoms with E-state index in [0.29, 0.717) is 5.41 Å². The van der Waals surface area contributed by atoms with Gasteiger partial charge in [0, 0.05) is 5.54 Å². The Morgan fingerprint density at radius 3 is 1.75 bits per heavy atom. The Bertz CT molecular complexity index is 556. The van der Waals surface area contributed by atoms with Gasteiger partial charge in [-0.15, -0.1) is 0 Å². The molecule has 0 atom stereocenters. The molecule has 0 saturated carbocycles. The highest BCUT2D eigenvalue weighted by Gasteiger charge is 2.32. The molecule has 0 spiro atoms. The molecule has 1 nitrogen and oxygen atoms in total. The molecule has 0 bridgehead atoms. The maximum absolute atomic E-state index is 3.45. The van der Waals surface area contributed by atoms with Gasteiger partial charge < -0.3 is 5.32 Å². The molecular formula is C23H41N. The molecule has 0 heterocycles. The summed E-state index contributed by atoms with van der Waals surface area (Å²) in [5.74, 6) is 0. The van der Waals surface area contributed by atoms with Gasteiger partial charge in [0.25, 0.3) is 0 Å². The van der Waals surface area contributed by atoms with Crippen molar-refractivity contribution in [2.45, 2.75) is 98.4 Å². The van der Waals surface area contributed by atoms with Gasteiger partial charge in [0.05, 0.1) is 0 Å². The third-order valence-corrected chi connectivity index (χ3v) is 5.27. The summed E-state index contributed by atoms with van der Waals surface area (Å²) in [5, 5.41) is 3.45. The third-order valence-electron chi connectivity index (χ3n) is 5.27. The molecule has 0 aliphatic rings. The Hall–Kier alpha value is -0.820. The molecule has 0 radical (unpaired) electrons. The van der Waals surface area contributed by atoms with E-state index >= 15 is 0 Å². The second-order valence-electron chi connectivity index (χ2n) is 10.8. The van der Waals surface area contributed by atoms with Crippen molar-refractivity contribution in [2.24, 2.45) is 5.41 Å². The SMILES string of the molecule is CNC(C)(C)CC(C)(C)c1ccc(C(C)(C)CC(C)(C)C)cc1C. The van der Waals surface area contributed by atoms with E-state index in [9.17, 15) is 0 Å². The van der Waals surface area contributed by atoms with Crippen LogP contribution in [0, 0.1) is 12.3 Å². The molecule has 1 aromatic carbocycles. The number of aryl methyl sites for hydroxylation is 1. The highest BCUT2D eigenvalue weighted by Crippen LogP contribution is 2.39. The molecule has 1 heteroatoms. The monoisotopic (exact) mass is 331 g/mol. The van der Waals surface area contributed by atoms with Crippen LogP contribution in [0.25, 0.3) is 0 Å². The summed E-state index contributed by atoms with van der Waals surface area (Å²) in [4.78, 5) is 0. The normalized spacial score (nSPS) is 14.1. The van der Waals surface area contributed by atoms with Crippen LogP contribution >= 0.6 is 0 Å². The Morgan fingerprint density at radius 2 is 1.33 bits per heavy atom. The van der Waals surface area contributed by atoms with Crippen LogP contribution in [-0.2, 0) is 10.8 Å². The van der Waals surface area contributed by atoms with E-state index in [0.717, 1.165) is 6.42 Å². The Morgan fingerprint density at radius 1 is 0.792 bits per heavy atom. The van der Waals surface area contributed by atoms with Crippen LogP contribution in [0.4, 0.5) is 0 Å². The molecule has 0 amide bonds. The third kappa shape index (κ3) is 5.62. The first kappa shape index (κ1) is 21.2. The van der Waals surface area contributed by atoms with E-state index in [-0.39, 0.29) is 16.4 Å². The summed E-state index contributed by atoms with van der Waals surface area (Å²) in [6.45, 7) is 23.3. The maximum atomic E-state index is 3.45. The van der Waals surface area contributed by atoms with Gasteiger partial charge in [0.1, 0.15) is 0 Å². The zero-order valence-electron chi connectivity index (χ0n) is 18.1. The number of hydrogen-bond acceptors (Lipinski definition) is 1. The first-order valence-electron chi connectivity index (χ1n) is 9.40. The van der Waals surface area contributed by atoms with E-state index in [1.165, 1.54) is 23.1 Å². The average Bonchev–Trinajstić information content (AvgIpc) is 2.34. The smallest absolute Gasteiger partial charge is 0.0130 e. The Kier molecular flexibility index (Phi) is 6.04. The van der Waals surface area contributed by atoms with Gasteiger partial charge in [-0.25, -0.2) is 0 Å². The molecule has 138 valence electrons. The number of hydrogen-bond donors (Lipinski definition) is 1.